The normalized spacial score (nSPS) is 16.5. The van der Waals surface area contributed by atoms with Gasteiger partial charge in [-0.15, -0.1) is 0 Å². The van der Waals surface area contributed by atoms with E-state index in [1.165, 1.54) is 16.0 Å². The van der Waals surface area contributed by atoms with Crippen LogP contribution in [0.2, 0.25) is 0 Å². The van der Waals surface area contributed by atoms with Crippen LogP contribution in [0, 0.1) is 6.92 Å². The molecule has 0 aromatic heterocycles. The third-order valence-electron chi connectivity index (χ3n) is 6.36. The fourth-order valence-electron chi connectivity index (χ4n) is 4.55. The molecular formula is C26H31N3O3. The Balaban J connectivity index is 1.13. The van der Waals surface area contributed by atoms with Gasteiger partial charge in [-0.25, -0.2) is 0 Å². The molecule has 1 fully saturated rings. The van der Waals surface area contributed by atoms with Gasteiger partial charge in [-0.05, 0) is 37.5 Å². The molecule has 6 heteroatoms. The summed E-state index contributed by atoms with van der Waals surface area (Å²) in [5.41, 5.74) is 3.59. The quantitative estimate of drug-likeness (QED) is 0.472. The van der Waals surface area contributed by atoms with Gasteiger partial charge in [0.25, 0.3) is 11.8 Å². The summed E-state index contributed by atoms with van der Waals surface area (Å²) in [5.74, 6) is -0.198. The number of unbranched alkanes of at least 4 members (excludes halogenated alkanes) is 2. The van der Waals surface area contributed by atoms with Gasteiger partial charge in [-0.3, -0.25) is 24.2 Å². The number of carbonyl (C=O) groups is 3. The lowest BCUT2D eigenvalue weighted by Gasteiger charge is -2.35. The molecule has 3 amide bonds. The van der Waals surface area contributed by atoms with Crippen molar-refractivity contribution in [1.82, 2.24) is 14.7 Å². The van der Waals surface area contributed by atoms with E-state index in [9.17, 15) is 14.4 Å². The van der Waals surface area contributed by atoms with E-state index in [0.717, 1.165) is 52.0 Å². The summed E-state index contributed by atoms with van der Waals surface area (Å²) in [6.45, 7) is 6.82. The van der Waals surface area contributed by atoms with E-state index in [1.54, 1.807) is 24.3 Å². The Hall–Kier alpha value is -2.99. The highest BCUT2D eigenvalue weighted by molar-refractivity contribution is 6.21. The molecule has 168 valence electrons. The molecule has 0 bridgehead atoms. The van der Waals surface area contributed by atoms with E-state index in [2.05, 4.69) is 36.1 Å². The van der Waals surface area contributed by atoms with Crippen LogP contribution in [0.15, 0.2) is 48.5 Å². The second kappa shape index (κ2) is 10.1. The molecule has 0 saturated carbocycles. The number of fused-ring (bicyclic) bond motifs is 1. The van der Waals surface area contributed by atoms with Crippen molar-refractivity contribution in [3.05, 3.63) is 70.8 Å². The van der Waals surface area contributed by atoms with E-state index >= 15 is 0 Å². The first-order valence-electron chi connectivity index (χ1n) is 11.5. The molecule has 2 aliphatic heterocycles. The van der Waals surface area contributed by atoms with Crippen LogP contribution in [0.1, 0.15) is 57.5 Å². The molecule has 1 saturated heterocycles. The first-order chi connectivity index (χ1) is 15.5. The van der Waals surface area contributed by atoms with Crippen molar-refractivity contribution in [2.45, 2.75) is 39.2 Å². The lowest BCUT2D eigenvalue weighted by atomic mass is 10.1. The Bertz CT molecular complexity index is 960. The Morgan fingerprint density at radius 1 is 0.844 bits per heavy atom. The number of nitrogens with zero attached hydrogens (tertiary/aromatic N) is 3. The highest BCUT2D eigenvalue weighted by atomic mass is 16.2. The molecule has 2 aliphatic rings. The largest absolute Gasteiger partial charge is 0.340 e. The van der Waals surface area contributed by atoms with Crippen molar-refractivity contribution in [3.8, 4) is 0 Å². The molecule has 0 N–H and O–H groups in total. The van der Waals surface area contributed by atoms with Crippen molar-refractivity contribution in [2.24, 2.45) is 0 Å². The summed E-state index contributed by atoms with van der Waals surface area (Å²) in [4.78, 5) is 43.0. The lowest BCUT2D eigenvalue weighted by Crippen LogP contribution is -2.48. The van der Waals surface area contributed by atoms with Crippen molar-refractivity contribution in [3.63, 3.8) is 0 Å². The minimum absolute atomic E-state index is 0.204. The number of carbonyl (C=O) groups excluding carboxylic acids is 3. The number of rotatable bonds is 8. The number of imide groups is 1. The summed E-state index contributed by atoms with van der Waals surface area (Å²) in [6.07, 6.45) is 2.86. The first-order valence-corrected chi connectivity index (χ1v) is 11.5. The topological polar surface area (TPSA) is 60.9 Å². The monoisotopic (exact) mass is 433 g/mol. The van der Waals surface area contributed by atoms with Gasteiger partial charge in [-0.1, -0.05) is 48.4 Å². The Kier molecular flexibility index (Phi) is 7.00. The zero-order valence-electron chi connectivity index (χ0n) is 18.8. The van der Waals surface area contributed by atoms with Crippen LogP contribution in [0.25, 0.3) is 0 Å². The SMILES string of the molecule is Cc1cccc(CN2CCN(C(=O)CCCCCN3C(=O)c4ccccc4C3=O)CC2)c1. The van der Waals surface area contributed by atoms with E-state index in [1.807, 2.05) is 4.90 Å². The molecule has 0 aliphatic carbocycles. The predicted molar refractivity (Wildman–Crippen MR) is 123 cm³/mol. The molecule has 6 nitrogen and oxygen atoms in total. The molecular weight excluding hydrogens is 402 g/mol. The van der Waals surface area contributed by atoms with Gasteiger partial charge < -0.3 is 4.90 Å². The number of aryl methyl sites for hydroxylation is 1. The van der Waals surface area contributed by atoms with Gasteiger partial charge in [0.1, 0.15) is 0 Å². The van der Waals surface area contributed by atoms with E-state index < -0.39 is 0 Å². The Morgan fingerprint density at radius 3 is 2.19 bits per heavy atom. The minimum Gasteiger partial charge on any atom is -0.340 e. The number of hydrogen-bond acceptors (Lipinski definition) is 4. The van der Waals surface area contributed by atoms with Gasteiger partial charge in [0, 0.05) is 45.7 Å². The third-order valence-corrected chi connectivity index (χ3v) is 6.36. The van der Waals surface area contributed by atoms with Crippen molar-refractivity contribution in [1.29, 1.82) is 0 Å². The molecule has 2 aromatic carbocycles. The molecule has 0 unspecified atom stereocenters. The van der Waals surface area contributed by atoms with Crippen LogP contribution < -0.4 is 0 Å². The molecule has 0 spiro atoms. The second-order valence-corrected chi connectivity index (χ2v) is 8.76. The van der Waals surface area contributed by atoms with Gasteiger partial charge in [0.15, 0.2) is 0 Å². The lowest BCUT2D eigenvalue weighted by molar-refractivity contribution is -0.133. The highest BCUT2D eigenvalue weighted by Crippen LogP contribution is 2.23. The molecule has 32 heavy (non-hydrogen) atoms. The molecule has 4 rings (SSSR count). The Labute approximate surface area is 189 Å². The fourth-order valence-corrected chi connectivity index (χ4v) is 4.55. The predicted octanol–water partition coefficient (Wildman–Crippen LogP) is 3.50. The molecule has 2 aromatic rings. The van der Waals surface area contributed by atoms with Gasteiger partial charge in [-0.2, -0.15) is 0 Å². The van der Waals surface area contributed by atoms with Crippen LogP contribution >= 0.6 is 0 Å². The average molecular weight is 434 g/mol. The summed E-state index contributed by atoms with van der Waals surface area (Å²) < 4.78 is 0. The second-order valence-electron chi connectivity index (χ2n) is 8.76. The number of piperazine rings is 1. The average Bonchev–Trinajstić information content (AvgIpc) is 3.04. The summed E-state index contributed by atoms with van der Waals surface area (Å²) in [5, 5.41) is 0. The van der Waals surface area contributed by atoms with Crippen LogP contribution in [0.5, 0.6) is 0 Å². The summed E-state index contributed by atoms with van der Waals surface area (Å²) in [7, 11) is 0. The van der Waals surface area contributed by atoms with Crippen molar-refractivity contribution < 1.29 is 14.4 Å². The van der Waals surface area contributed by atoms with Gasteiger partial charge in [0.05, 0.1) is 11.1 Å². The molecule has 2 heterocycles. The third kappa shape index (κ3) is 5.07. The van der Waals surface area contributed by atoms with E-state index in [4.69, 9.17) is 0 Å². The van der Waals surface area contributed by atoms with Crippen LogP contribution in [0.3, 0.4) is 0 Å². The maximum atomic E-state index is 12.6. The molecule has 0 atom stereocenters. The zero-order chi connectivity index (χ0) is 22.5. The smallest absolute Gasteiger partial charge is 0.261 e. The maximum Gasteiger partial charge on any atom is 0.261 e. The van der Waals surface area contributed by atoms with Crippen LogP contribution in [0.4, 0.5) is 0 Å². The van der Waals surface area contributed by atoms with Crippen LogP contribution in [-0.2, 0) is 11.3 Å². The number of benzene rings is 2. The van der Waals surface area contributed by atoms with Gasteiger partial charge in [0.2, 0.25) is 5.91 Å². The zero-order valence-corrected chi connectivity index (χ0v) is 18.8. The fraction of sp³-hybridized carbons (Fsp3) is 0.423. The highest BCUT2D eigenvalue weighted by Gasteiger charge is 2.34. The van der Waals surface area contributed by atoms with Crippen molar-refractivity contribution in [2.75, 3.05) is 32.7 Å². The van der Waals surface area contributed by atoms with E-state index in [0.29, 0.717) is 24.1 Å². The van der Waals surface area contributed by atoms with Crippen molar-refractivity contribution >= 4 is 17.7 Å². The standard InChI is InChI=1S/C26H31N3O3/c1-20-8-7-9-21(18-20)19-27-14-16-28(17-15-27)24(30)12-3-2-6-13-29-25(31)22-10-4-5-11-23(22)26(29)32/h4-5,7-11,18H,2-3,6,12-17,19H2,1H3. The van der Waals surface area contributed by atoms with Crippen LogP contribution in [-0.4, -0.2) is 65.1 Å². The number of amides is 3. The molecule has 0 radical (unpaired) electrons. The minimum atomic E-state index is -0.204. The summed E-state index contributed by atoms with van der Waals surface area (Å²) >= 11 is 0. The summed E-state index contributed by atoms with van der Waals surface area (Å²) in [6, 6.07) is 15.6. The number of hydrogen-bond donors (Lipinski definition) is 0. The Morgan fingerprint density at radius 2 is 1.53 bits per heavy atom. The van der Waals surface area contributed by atoms with Gasteiger partial charge >= 0.3 is 0 Å². The maximum absolute atomic E-state index is 12.6. The van der Waals surface area contributed by atoms with E-state index in [-0.39, 0.29) is 17.7 Å². The first kappa shape index (κ1) is 22.2.